The summed E-state index contributed by atoms with van der Waals surface area (Å²) in [5, 5.41) is 3.01. The number of hydrogen-bond donors (Lipinski definition) is 2. The highest BCUT2D eigenvalue weighted by molar-refractivity contribution is 14.0. The van der Waals surface area contributed by atoms with Crippen molar-refractivity contribution in [3.63, 3.8) is 0 Å². The molecule has 7 heteroatoms. The van der Waals surface area contributed by atoms with Crippen molar-refractivity contribution in [2.45, 2.75) is 13.3 Å². The van der Waals surface area contributed by atoms with Crippen LogP contribution in [0, 0.1) is 30.6 Å². The molecule has 1 aromatic rings. The summed E-state index contributed by atoms with van der Waals surface area (Å²) < 4.78 is 0. The van der Waals surface area contributed by atoms with Crippen LogP contribution < -0.4 is 11.1 Å². The number of carbonyl (C=O) groups is 2. The Labute approximate surface area is 169 Å². The number of amides is 2. The third-order valence-corrected chi connectivity index (χ3v) is 5.49. The predicted molar refractivity (Wildman–Crippen MR) is 111 cm³/mol. The summed E-state index contributed by atoms with van der Waals surface area (Å²) in [7, 11) is 0. The number of rotatable bonds is 4. The first-order valence-electron chi connectivity index (χ1n) is 8.72. The number of aryl methyl sites for hydroxylation is 1. The number of carbonyl (C=O) groups excluding carboxylic acids is 2. The van der Waals surface area contributed by atoms with Gasteiger partial charge >= 0.3 is 0 Å². The molecule has 1 heterocycles. The third-order valence-electron chi connectivity index (χ3n) is 5.49. The van der Waals surface area contributed by atoms with Gasteiger partial charge in [0.25, 0.3) is 0 Å². The molecule has 4 atom stereocenters. The van der Waals surface area contributed by atoms with Crippen molar-refractivity contribution in [2.24, 2.45) is 34.4 Å². The van der Waals surface area contributed by atoms with E-state index >= 15 is 0 Å². The van der Waals surface area contributed by atoms with Crippen molar-refractivity contribution in [1.29, 1.82) is 0 Å². The van der Waals surface area contributed by atoms with Gasteiger partial charge in [-0.05, 0) is 37.3 Å². The van der Waals surface area contributed by atoms with Crippen molar-refractivity contribution in [3.8, 4) is 0 Å². The van der Waals surface area contributed by atoms with Crippen molar-refractivity contribution in [3.05, 3.63) is 42.0 Å². The Morgan fingerprint density at radius 2 is 1.73 bits per heavy atom. The summed E-state index contributed by atoms with van der Waals surface area (Å²) in [4.78, 5) is 30.7. The highest BCUT2D eigenvalue weighted by Gasteiger charge is 2.58. The van der Waals surface area contributed by atoms with Crippen LogP contribution in [0.2, 0.25) is 0 Å². The van der Waals surface area contributed by atoms with E-state index in [1.165, 1.54) is 10.5 Å². The molecule has 0 radical (unpaired) electrons. The van der Waals surface area contributed by atoms with E-state index in [4.69, 9.17) is 5.73 Å². The fourth-order valence-electron chi connectivity index (χ4n) is 4.28. The molecule has 6 nitrogen and oxygen atoms in total. The number of halogens is 1. The van der Waals surface area contributed by atoms with Gasteiger partial charge in [0.05, 0.1) is 18.4 Å². The Bertz CT molecular complexity index is 744. The number of nitrogens with two attached hydrogens (primary N) is 1. The number of anilines is 1. The molecule has 4 rings (SSSR count). The molecule has 3 aliphatic rings. The van der Waals surface area contributed by atoms with Gasteiger partial charge in [0.2, 0.25) is 11.8 Å². The SMILES string of the molecule is Cc1ccc(NC(N)=NCCN2C(=O)C3C4C=CC(C4)C3C2=O)cc1.I. The molecule has 1 aromatic carbocycles. The van der Waals surface area contributed by atoms with E-state index in [0.717, 1.165) is 12.1 Å². The maximum absolute atomic E-state index is 12.6. The van der Waals surface area contributed by atoms with Crippen molar-refractivity contribution < 1.29 is 9.59 Å². The maximum Gasteiger partial charge on any atom is 0.233 e. The Morgan fingerprint density at radius 1 is 1.15 bits per heavy atom. The first-order chi connectivity index (χ1) is 12.0. The minimum atomic E-state index is -0.144. The highest BCUT2D eigenvalue weighted by Crippen LogP contribution is 2.52. The van der Waals surface area contributed by atoms with Crippen LogP contribution in [0.1, 0.15) is 12.0 Å². The molecule has 4 unspecified atom stereocenters. The number of guanidine groups is 1. The van der Waals surface area contributed by atoms with E-state index in [1.807, 2.05) is 31.2 Å². The zero-order valence-corrected chi connectivity index (χ0v) is 16.9. The Balaban J connectivity index is 0.00000196. The number of nitrogens with one attached hydrogen (secondary N) is 1. The lowest BCUT2D eigenvalue weighted by molar-refractivity contribution is -0.140. The second-order valence-electron chi connectivity index (χ2n) is 7.09. The summed E-state index contributed by atoms with van der Waals surface area (Å²) in [5.74, 6) is 0.412. The Hall–Kier alpha value is -1.90. The lowest BCUT2D eigenvalue weighted by Gasteiger charge is -2.16. The van der Waals surface area contributed by atoms with Crippen LogP contribution in [0.25, 0.3) is 0 Å². The van der Waals surface area contributed by atoms with Crippen LogP contribution in [0.3, 0.4) is 0 Å². The largest absolute Gasteiger partial charge is 0.370 e. The number of aliphatic imine (C=N–C) groups is 1. The standard InChI is InChI=1S/C19H22N4O2.HI/c1-11-2-6-14(7-3-11)22-19(20)21-8-9-23-17(24)15-12-4-5-13(10-12)16(15)18(23)25;/h2-7,12-13,15-16H,8-10H2,1H3,(H3,20,21,22);1H. The summed E-state index contributed by atoms with van der Waals surface area (Å²) in [6.45, 7) is 2.62. The zero-order chi connectivity index (χ0) is 17.6. The topological polar surface area (TPSA) is 87.8 Å². The van der Waals surface area contributed by atoms with E-state index in [-0.39, 0.29) is 65.4 Å². The lowest BCUT2D eigenvalue weighted by Crippen LogP contribution is -2.35. The van der Waals surface area contributed by atoms with Gasteiger partial charge in [0, 0.05) is 12.2 Å². The fraction of sp³-hybridized carbons (Fsp3) is 0.421. The Kier molecular flexibility index (Phi) is 5.36. The predicted octanol–water partition coefficient (Wildman–Crippen LogP) is 2.15. The summed E-state index contributed by atoms with van der Waals surface area (Å²) in [6.07, 6.45) is 5.15. The summed E-state index contributed by atoms with van der Waals surface area (Å²) >= 11 is 0. The van der Waals surface area contributed by atoms with Crippen LogP contribution in [-0.2, 0) is 9.59 Å². The molecule has 26 heavy (non-hydrogen) atoms. The third kappa shape index (κ3) is 3.24. The minimum absolute atomic E-state index is 0. The van der Waals surface area contributed by atoms with Gasteiger partial charge in [-0.3, -0.25) is 19.5 Å². The normalized spacial score (nSPS) is 29.1. The van der Waals surface area contributed by atoms with Crippen LogP contribution in [0.15, 0.2) is 41.4 Å². The monoisotopic (exact) mass is 466 g/mol. The number of nitrogens with zero attached hydrogens (tertiary/aromatic N) is 2. The molecule has 0 aromatic heterocycles. The van der Waals surface area contributed by atoms with Gasteiger partial charge in [-0.25, -0.2) is 0 Å². The molecular weight excluding hydrogens is 443 g/mol. The number of likely N-dealkylation sites (tertiary alicyclic amines) is 1. The van der Waals surface area contributed by atoms with Gasteiger partial charge < -0.3 is 11.1 Å². The zero-order valence-electron chi connectivity index (χ0n) is 14.6. The van der Waals surface area contributed by atoms with Gasteiger partial charge in [0.1, 0.15) is 0 Å². The average Bonchev–Trinajstić information content (AvgIpc) is 3.26. The molecule has 2 fully saturated rings. The van der Waals surface area contributed by atoms with Crippen molar-refractivity contribution in [2.75, 3.05) is 18.4 Å². The van der Waals surface area contributed by atoms with Gasteiger partial charge in [0.15, 0.2) is 5.96 Å². The number of benzene rings is 1. The smallest absolute Gasteiger partial charge is 0.233 e. The Morgan fingerprint density at radius 3 is 2.31 bits per heavy atom. The maximum atomic E-state index is 12.6. The van der Waals surface area contributed by atoms with E-state index in [2.05, 4.69) is 22.5 Å². The second-order valence-corrected chi connectivity index (χ2v) is 7.09. The quantitative estimate of drug-likeness (QED) is 0.234. The first kappa shape index (κ1) is 18.9. The first-order valence-corrected chi connectivity index (χ1v) is 8.72. The molecule has 2 amide bonds. The summed E-state index contributed by atoms with van der Waals surface area (Å²) in [5.41, 5.74) is 7.91. The van der Waals surface area contributed by atoms with Crippen molar-refractivity contribution in [1.82, 2.24) is 4.90 Å². The van der Waals surface area contributed by atoms with Gasteiger partial charge in [-0.15, -0.1) is 24.0 Å². The highest BCUT2D eigenvalue weighted by atomic mass is 127. The van der Waals surface area contributed by atoms with E-state index in [9.17, 15) is 9.59 Å². The van der Waals surface area contributed by atoms with Crippen molar-refractivity contribution >= 4 is 47.4 Å². The molecule has 1 saturated heterocycles. The molecule has 3 N–H and O–H groups in total. The second kappa shape index (κ2) is 7.38. The summed E-state index contributed by atoms with van der Waals surface area (Å²) in [6, 6.07) is 7.82. The van der Waals surface area contributed by atoms with E-state index in [0.29, 0.717) is 13.1 Å². The van der Waals surface area contributed by atoms with Crippen LogP contribution >= 0.6 is 24.0 Å². The fourth-order valence-corrected chi connectivity index (χ4v) is 4.28. The van der Waals surface area contributed by atoms with Crippen LogP contribution in [0.4, 0.5) is 5.69 Å². The molecule has 0 spiro atoms. The van der Waals surface area contributed by atoms with E-state index in [1.54, 1.807) is 0 Å². The number of fused-ring (bicyclic) bond motifs is 5. The molecule has 2 bridgehead atoms. The van der Waals surface area contributed by atoms with Gasteiger partial charge in [-0.1, -0.05) is 29.8 Å². The number of hydrogen-bond acceptors (Lipinski definition) is 3. The minimum Gasteiger partial charge on any atom is -0.370 e. The lowest BCUT2D eigenvalue weighted by atomic mass is 9.85. The van der Waals surface area contributed by atoms with Gasteiger partial charge in [-0.2, -0.15) is 0 Å². The number of imide groups is 1. The van der Waals surface area contributed by atoms with Crippen LogP contribution in [0.5, 0.6) is 0 Å². The average molecular weight is 466 g/mol. The molecule has 1 saturated carbocycles. The number of allylic oxidation sites excluding steroid dienone is 2. The molecule has 1 aliphatic heterocycles. The molecular formula is C19H23IN4O2. The molecule has 138 valence electrons. The van der Waals surface area contributed by atoms with Crippen LogP contribution in [-0.4, -0.2) is 35.8 Å². The van der Waals surface area contributed by atoms with E-state index < -0.39 is 0 Å². The molecule has 2 aliphatic carbocycles.